The van der Waals surface area contributed by atoms with E-state index in [9.17, 15) is 4.79 Å². The number of aryl methyl sites for hydroxylation is 1. The lowest BCUT2D eigenvalue weighted by atomic mass is 10.1. The van der Waals surface area contributed by atoms with Crippen LogP contribution >= 0.6 is 0 Å². The average molecular weight is 215 g/mol. The normalized spacial score (nSPS) is 15.6. The van der Waals surface area contributed by atoms with E-state index in [0.29, 0.717) is 11.3 Å². The van der Waals surface area contributed by atoms with Crippen LogP contribution in [0.25, 0.3) is 10.9 Å². The Morgan fingerprint density at radius 1 is 1.44 bits per heavy atom. The molecule has 4 nitrogen and oxygen atoms in total. The van der Waals surface area contributed by atoms with E-state index in [4.69, 9.17) is 5.84 Å². The first-order chi connectivity index (χ1) is 7.66. The van der Waals surface area contributed by atoms with Gasteiger partial charge in [0.25, 0.3) is 5.56 Å². The highest BCUT2D eigenvalue weighted by atomic mass is 16.1. The topological polar surface area (TPSA) is 60.9 Å². The summed E-state index contributed by atoms with van der Waals surface area (Å²) in [4.78, 5) is 16.5. The molecule has 82 valence electrons. The number of hydrogen-bond acceptors (Lipinski definition) is 3. The molecule has 1 heterocycles. The summed E-state index contributed by atoms with van der Waals surface area (Å²) in [6.45, 7) is 1.95. The van der Waals surface area contributed by atoms with Crippen molar-refractivity contribution < 1.29 is 0 Å². The zero-order chi connectivity index (χ0) is 11.3. The average Bonchev–Trinajstić information content (AvgIpc) is 3.08. The number of nitrogens with two attached hydrogens (primary N) is 1. The van der Waals surface area contributed by atoms with Gasteiger partial charge in [0.1, 0.15) is 5.82 Å². The lowest BCUT2D eigenvalue weighted by Gasteiger charge is -2.07. The van der Waals surface area contributed by atoms with Crippen LogP contribution in [0.15, 0.2) is 23.0 Å². The second-order valence-corrected chi connectivity index (χ2v) is 4.44. The van der Waals surface area contributed by atoms with Gasteiger partial charge in [0.15, 0.2) is 0 Å². The number of benzene rings is 1. The predicted molar refractivity (Wildman–Crippen MR) is 62.9 cm³/mol. The van der Waals surface area contributed by atoms with E-state index < -0.39 is 0 Å². The fourth-order valence-corrected chi connectivity index (χ4v) is 1.96. The van der Waals surface area contributed by atoms with Crippen molar-refractivity contribution in [1.82, 2.24) is 9.66 Å². The van der Waals surface area contributed by atoms with Crippen molar-refractivity contribution in [2.24, 2.45) is 0 Å². The van der Waals surface area contributed by atoms with Crippen LogP contribution in [0.4, 0.5) is 0 Å². The van der Waals surface area contributed by atoms with Crippen LogP contribution in [0.1, 0.15) is 30.1 Å². The monoisotopic (exact) mass is 215 g/mol. The Kier molecular flexibility index (Phi) is 1.80. The summed E-state index contributed by atoms with van der Waals surface area (Å²) in [6, 6.07) is 5.69. The van der Waals surface area contributed by atoms with Gasteiger partial charge in [-0.2, -0.15) is 0 Å². The van der Waals surface area contributed by atoms with E-state index in [1.165, 1.54) is 4.68 Å². The van der Waals surface area contributed by atoms with Gasteiger partial charge >= 0.3 is 0 Å². The van der Waals surface area contributed by atoms with Crippen LogP contribution in [0, 0.1) is 6.92 Å². The molecule has 3 rings (SSSR count). The fraction of sp³-hybridized carbons (Fsp3) is 0.333. The zero-order valence-corrected chi connectivity index (χ0v) is 9.10. The highest BCUT2D eigenvalue weighted by Gasteiger charge is 2.28. The molecule has 1 aromatic heterocycles. The summed E-state index contributed by atoms with van der Waals surface area (Å²) < 4.78 is 1.21. The Balaban J connectivity index is 2.38. The van der Waals surface area contributed by atoms with Gasteiger partial charge in [-0.05, 0) is 31.9 Å². The second-order valence-electron chi connectivity index (χ2n) is 4.44. The lowest BCUT2D eigenvalue weighted by Crippen LogP contribution is -2.31. The molecule has 0 saturated heterocycles. The summed E-state index contributed by atoms with van der Waals surface area (Å²) >= 11 is 0. The number of hydrogen-bond donors (Lipinski definition) is 1. The quantitative estimate of drug-likeness (QED) is 0.729. The summed E-state index contributed by atoms with van der Waals surface area (Å²) in [5.74, 6) is 6.88. The molecule has 0 amide bonds. The van der Waals surface area contributed by atoms with Crippen LogP contribution in [0.3, 0.4) is 0 Å². The molecule has 1 saturated carbocycles. The maximum atomic E-state index is 12.0. The minimum absolute atomic E-state index is 0.143. The van der Waals surface area contributed by atoms with Crippen LogP contribution < -0.4 is 11.4 Å². The van der Waals surface area contributed by atoms with E-state index in [1.54, 1.807) is 0 Å². The molecule has 0 bridgehead atoms. The summed E-state index contributed by atoms with van der Waals surface area (Å²) in [5.41, 5.74) is 1.65. The number of nitrogen functional groups attached to an aromatic ring is 1. The molecule has 1 aliphatic carbocycles. The first kappa shape index (κ1) is 9.39. The third-order valence-corrected chi connectivity index (χ3v) is 3.03. The maximum Gasteiger partial charge on any atom is 0.279 e. The van der Waals surface area contributed by atoms with Crippen molar-refractivity contribution in [3.05, 3.63) is 39.9 Å². The fourth-order valence-electron chi connectivity index (χ4n) is 1.96. The van der Waals surface area contributed by atoms with Crippen molar-refractivity contribution >= 4 is 10.9 Å². The molecule has 0 aliphatic heterocycles. The molecule has 1 aromatic carbocycles. The van der Waals surface area contributed by atoms with Gasteiger partial charge in [0.05, 0.1) is 10.9 Å². The maximum absolute atomic E-state index is 12.0. The summed E-state index contributed by atoms with van der Waals surface area (Å²) in [7, 11) is 0. The Morgan fingerprint density at radius 2 is 2.19 bits per heavy atom. The van der Waals surface area contributed by atoms with Crippen LogP contribution in [-0.2, 0) is 0 Å². The second kappa shape index (κ2) is 3.07. The molecule has 2 N–H and O–H groups in total. The first-order valence-electron chi connectivity index (χ1n) is 5.45. The lowest BCUT2D eigenvalue weighted by molar-refractivity contribution is 0.791. The number of aromatic nitrogens is 2. The summed E-state index contributed by atoms with van der Waals surface area (Å²) in [5, 5.41) is 0.604. The SMILES string of the molecule is Cc1ccc2nc(C3CC3)n(N)c(=O)c2c1. The van der Waals surface area contributed by atoms with Crippen molar-refractivity contribution in [2.75, 3.05) is 5.84 Å². The van der Waals surface area contributed by atoms with Gasteiger partial charge in [-0.15, -0.1) is 0 Å². The van der Waals surface area contributed by atoms with Gasteiger partial charge in [-0.25, -0.2) is 9.66 Å². The smallest absolute Gasteiger partial charge is 0.279 e. The van der Waals surface area contributed by atoms with Crippen LogP contribution in [-0.4, -0.2) is 9.66 Å². The van der Waals surface area contributed by atoms with E-state index in [0.717, 1.165) is 29.7 Å². The Labute approximate surface area is 92.7 Å². The van der Waals surface area contributed by atoms with Gasteiger partial charge in [-0.1, -0.05) is 11.6 Å². The largest absolute Gasteiger partial charge is 0.335 e. The number of fused-ring (bicyclic) bond motifs is 1. The van der Waals surface area contributed by atoms with Gasteiger partial charge in [0.2, 0.25) is 0 Å². The Hall–Kier alpha value is -1.84. The molecule has 1 aliphatic rings. The van der Waals surface area contributed by atoms with E-state index in [-0.39, 0.29) is 5.56 Å². The van der Waals surface area contributed by atoms with Crippen LogP contribution in [0.5, 0.6) is 0 Å². The summed E-state index contributed by atoms with van der Waals surface area (Å²) in [6.07, 6.45) is 2.17. The minimum Gasteiger partial charge on any atom is -0.335 e. The van der Waals surface area contributed by atoms with Crippen LogP contribution in [0.2, 0.25) is 0 Å². The highest BCUT2D eigenvalue weighted by molar-refractivity contribution is 5.78. The Bertz CT molecular complexity index is 626. The minimum atomic E-state index is -0.143. The van der Waals surface area contributed by atoms with Gasteiger partial charge in [0, 0.05) is 5.92 Å². The van der Waals surface area contributed by atoms with Crippen molar-refractivity contribution in [2.45, 2.75) is 25.7 Å². The molecule has 2 aromatic rings. The highest BCUT2D eigenvalue weighted by Crippen LogP contribution is 2.38. The molecule has 0 radical (unpaired) electrons. The zero-order valence-electron chi connectivity index (χ0n) is 9.10. The van der Waals surface area contributed by atoms with E-state index >= 15 is 0 Å². The molecular weight excluding hydrogens is 202 g/mol. The molecule has 0 spiro atoms. The number of nitrogens with zero attached hydrogens (tertiary/aromatic N) is 2. The van der Waals surface area contributed by atoms with Crippen molar-refractivity contribution in [3.63, 3.8) is 0 Å². The molecule has 4 heteroatoms. The number of rotatable bonds is 1. The van der Waals surface area contributed by atoms with E-state index in [2.05, 4.69) is 4.98 Å². The third kappa shape index (κ3) is 1.30. The van der Waals surface area contributed by atoms with Gasteiger partial charge in [-0.3, -0.25) is 4.79 Å². The molecular formula is C12H13N3O. The van der Waals surface area contributed by atoms with Crippen molar-refractivity contribution in [3.8, 4) is 0 Å². The van der Waals surface area contributed by atoms with Crippen molar-refractivity contribution in [1.29, 1.82) is 0 Å². The standard InChI is InChI=1S/C12H13N3O/c1-7-2-5-10-9(6-7)12(16)15(13)11(14-10)8-3-4-8/h2,5-6,8H,3-4,13H2,1H3. The predicted octanol–water partition coefficient (Wildman–Crippen LogP) is 1.30. The third-order valence-electron chi connectivity index (χ3n) is 3.03. The molecule has 0 unspecified atom stereocenters. The van der Waals surface area contributed by atoms with E-state index in [1.807, 2.05) is 25.1 Å². The van der Waals surface area contributed by atoms with Gasteiger partial charge < -0.3 is 5.84 Å². The first-order valence-corrected chi connectivity index (χ1v) is 5.45. The molecule has 16 heavy (non-hydrogen) atoms. The molecule has 0 atom stereocenters. The Morgan fingerprint density at radius 3 is 2.88 bits per heavy atom. The molecule has 1 fully saturated rings.